The van der Waals surface area contributed by atoms with Crippen molar-refractivity contribution in [2.45, 2.75) is 33.0 Å². The van der Waals surface area contributed by atoms with Crippen LogP contribution < -0.4 is 0 Å². The average Bonchev–Trinajstić information content (AvgIpc) is 2.83. The molecule has 1 aromatic heterocycles. The van der Waals surface area contributed by atoms with Gasteiger partial charge in [0.1, 0.15) is 0 Å². The van der Waals surface area contributed by atoms with Crippen LogP contribution in [0.5, 0.6) is 0 Å². The molecule has 0 bridgehead atoms. The van der Waals surface area contributed by atoms with Crippen LogP contribution in [0.2, 0.25) is 0 Å². The van der Waals surface area contributed by atoms with Crippen molar-refractivity contribution in [1.82, 2.24) is 19.6 Å². The third-order valence-corrected chi connectivity index (χ3v) is 3.64. The van der Waals surface area contributed by atoms with Crippen molar-refractivity contribution in [1.29, 1.82) is 0 Å². The number of amides is 1. The summed E-state index contributed by atoms with van der Waals surface area (Å²) < 4.78 is 1.86. The normalized spacial score (nSPS) is 20.8. The third kappa shape index (κ3) is 3.04. The number of allylic oxidation sites excluding steroid dienone is 1. The Morgan fingerprint density at radius 2 is 2.32 bits per heavy atom. The van der Waals surface area contributed by atoms with E-state index in [0.29, 0.717) is 0 Å². The van der Waals surface area contributed by atoms with E-state index in [-0.39, 0.29) is 11.9 Å². The molecule has 0 aliphatic carbocycles. The van der Waals surface area contributed by atoms with Gasteiger partial charge >= 0.3 is 0 Å². The maximum Gasteiger partial charge on any atom is 0.239 e. The van der Waals surface area contributed by atoms with Crippen LogP contribution in [0.3, 0.4) is 0 Å². The number of likely N-dealkylation sites (N-methyl/N-ethyl adjacent to an activating group) is 1. The molecule has 1 fully saturated rings. The van der Waals surface area contributed by atoms with Crippen molar-refractivity contribution in [3.05, 3.63) is 30.6 Å². The molecule has 0 spiro atoms. The summed E-state index contributed by atoms with van der Waals surface area (Å²) in [5.41, 5.74) is 1.14. The second-order valence-electron chi connectivity index (χ2n) is 4.92. The summed E-state index contributed by atoms with van der Waals surface area (Å²) in [4.78, 5) is 16.2. The number of carbonyl (C=O) groups is 1. The highest BCUT2D eigenvalue weighted by atomic mass is 16.2. The van der Waals surface area contributed by atoms with E-state index in [0.717, 1.165) is 38.3 Å². The molecular weight excluding hydrogens is 240 g/mol. The molecular formula is C14H22N4O. The molecule has 2 heterocycles. The van der Waals surface area contributed by atoms with E-state index in [1.165, 1.54) is 0 Å². The third-order valence-electron chi connectivity index (χ3n) is 3.64. The van der Waals surface area contributed by atoms with Crippen molar-refractivity contribution in [3.8, 4) is 0 Å². The molecule has 1 aromatic rings. The molecule has 1 aliphatic heterocycles. The van der Waals surface area contributed by atoms with Crippen LogP contribution in [0, 0.1) is 0 Å². The van der Waals surface area contributed by atoms with Gasteiger partial charge in [0.25, 0.3) is 0 Å². The summed E-state index contributed by atoms with van der Waals surface area (Å²) in [6, 6.07) is -0.0449. The summed E-state index contributed by atoms with van der Waals surface area (Å²) >= 11 is 0. The lowest BCUT2D eigenvalue weighted by atomic mass is 10.1. The average molecular weight is 262 g/mol. The summed E-state index contributed by atoms with van der Waals surface area (Å²) in [7, 11) is 0. The van der Waals surface area contributed by atoms with E-state index in [1.807, 2.05) is 41.9 Å². The van der Waals surface area contributed by atoms with Gasteiger partial charge in [-0.15, -0.1) is 6.58 Å². The highest BCUT2D eigenvalue weighted by Gasteiger charge is 2.30. The van der Waals surface area contributed by atoms with Crippen LogP contribution in [0.1, 0.15) is 19.4 Å². The van der Waals surface area contributed by atoms with Crippen molar-refractivity contribution < 1.29 is 4.79 Å². The lowest BCUT2D eigenvalue weighted by Gasteiger charge is -2.38. The van der Waals surface area contributed by atoms with E-state index in [2.05, 4.69) is 16.6 Å². The molecule has 0 unspecified atom stereocenters. The Morgan fingerprint density at radius 1 is 1.53 bits per heavy atom. The second-order valence-corrected chi connectivity index (χ2v) is 4.92. The Balaban J connectivity index is 1.98. The van der Waals surface area contributed by atoms with E-state index in [9.17, 15) is 4.79 Å². The van der Waals surface area contributed by atoms with Gasteiger partial charge in [-0.05, 0) is 13.8 Å². The van der Waals surface area contributed by atoms with Crippen molar-refractivity contribution in [2.75, 3.05) is 19.6 Å². The molecule has 5 heteroatoms. The summed E-state index contributed by atoms with van der Waals surface area (Å²) in [5.74, 6) is 0.229. The smallest absolute Gasteiger partial charge is 0.239 e. The van der Waals surface area contributed by atoms with Gasteiger partial charge in [-0.3, -0.25) is 14.4 Å². The molecule has 19 heavy (non-hydrogen) atoms. The van der Waals surface area contributed by atoms with Crippen LogP contribution in [-0.4, -0.2) is 51.2 Å². The standard InChI is InChI=1S/C14H22N4O/c1-4-6-18-11-13(9-15-18)10-17-8-7-16(5-2)14(19)12(17)3/h4,9,11-12H,1,5-8,10H2,2-3H3/t12-/m1/s1. The fourth-order valence-corrected chi connectivity index (χ4v) is 2.46. The fraction of sp³-hybridized carbons (Fsp3) is 0.571. The Bertz CT molecular complexity index is 454. The number of hydrogen-bond acceptors (Lipinski definition) is 3. The number of carbonyl (C=O) groups excluding carboxylic acids is 1. The van der Waals surface area contributed by atoms with Crippen LogP contribution in [0.4, 0.5) is 0 Å². The first-order valence-electron chi connectivity index (χ1n) is 6.80. The molecule has 0 radical (unpaired) electrons. The zero-order chi connectivity index (χ0) is 13.8. The van der Waals surface area contributed by atoms with Crippen molar-refractivity contribution >= 4 is 5.91 Å². The monoisotopic (exact) mass is 262 g/mol. The molecule has 1 atom stereocenters. The molecule has 104 valence electrons. The Morgan fingerprint density at radius 3 is 3.00 bits per heavy atom. The predicted octanol–water partition coefficient (Wildman–Crippen LogP) is 1.12. The van der Waals surface area contributed by atoms with Gasteiger partial charge in [-0.2, -0.15) is 5.10 Å². The van der Waals surface area contributed by atoms with Crippen LogP contribution in [0.15, 0.2) is 25.0 Å². The molecule has 1 saturated heterocycles. The quantitative estimate of drug-likeness (QED) is 0.747. The van der Waals surface area contributed by atoms with Gasteiger partial charge in [0.2, 0.25) is 5.91 Å². The number of hydrogen-bond donors (Lipinski definition) is 0. The summed E-state index contributed by atoms with van der Waals surface area (Å²) in [6.45, 7) is 11.8. The van der Waals surface area contributed by atoms with Crippen LogP contribution >= 0.6 is 0 Å². The maximum atomic E-state index is 12.1. The SMILES string of the molecule is C=CCn1cc(CN2CCN(CC)C(=O)[C@H]2C)cn1. The predicted molar refractivity (Wildman–Crippen MR) is 74.6 cm³/mol. The second kappa shape index (κ2) is 6.02. The van der Waals surface area contributed by atoms with Gasteiger partial charge in [0.05, 0.1) is 18.8 Å². The van der Waals surface area contributed by atoms with Crippen LogP contribution in [0.25, 0.3) is 0 Å². The molecule has 2 rings (SSSR count). The minimum Gasteiger partial charge on any atom is -0.340 e. The van der Waals surface area contributed by atoms with Gasteiger partial charge in [0, 0.05) is 37.9 Å². The number of aromatic nitrogens is 2. The van der Waals surface area contributed by atoms with E-state index in [4.69, 9.17) is 0 Å². The largest absolute Gasteiger partial charge is 0.340 e. The fourth-order valence-electron chi connectivity index (χ4n) is 2.46. The molecule has 0 saturated carbocycles. The minimum atomic E-state index is -0.0449. The lowest BCUT2D eigenvalue weighted by Crippen LogP contribution is -2.55. The van der Waals surface area contributed by atoms with Gasteiger partial charge in [0.15, 0.2) is 0 Å². The highest BCUT2D eigenvalue weighted by Crippen LogP contribution is 2.14. The van der Waals surface area contributed by atoms with E-state index >= 15 is 0 Å². The first kappa shape index (κ1) is 13.8. The first-order chi connectivity index (χ1) is 9.15. The topological polar surface area (TPSA) is 41.4 Å². The lowest BCUT2D eigenvalue weighted by molar-refractivity contribution is -0.141. The number of rotatable bonds is 5. The number of piperazine rings is 1. The van der Waals surface area contributed by atoms with E-state index < -0.39 is 0 Å². The molecule has 0 N–H and O–H groups in total. The van der Waals surface area contributed by atoms with E-state index in [1.54, 1.807) is 0 Å². The van der Waals surface area contributed by atoms with Crippen molar-refractivity contribution in [2.24, 2.45) is 0 Å². The zero-order valence-electron chi connectivity index (χ0n) is 11.7. The molecule has 1 aliphatic rings. The van der Waals surface area contributed by atoms with Gasteiger partial charge in [-0.25, -0.2) is 0 Å². The molecule has 1 amide bonds. The minimum absolute atomic E-state index is 0.0449. The number of nitrogens with zero attached hydrogens (tertiary/aromatic N) is 4. The first-order valence-corrected chi connectivity index (χ1v) is 6.80. The van der Waals surface area contributed by atoms with Gasteiger partial charge in [-0.1, -0.05) is 6.08 Å². The molecule has 0 aromatic carbocycles. The Labute approximate surface area is 114 Å². The zero-order valence-corrected chi connectivity index (χ0v) is 11.7. The summed E-state index contributed by atoms with van der Waals surface area (Å²) in [5, 5.41) is 4.27. The maximum absolute atomic E-state index is 12.1. The molecule has 5 nitrogen and oxygen atoms in total. The van der Waals surface area contributed by atoms with Gasteiger partial charge < -0.3 is 4.90 Å². The Hall–Kier alpha value is -1.62. The highest BCUT2D eigenvalue weighted by molar-refractivity contribution is 5.82. The van der Waals surface area contributed by atoms with Crippen molar-refractivity contribution in [3.63, 3.8) is 0 Å². The Kier molecular flexibility index (Phi) is 4.37. The van der Waals surface area contributed by atoms with Crippen LogP contribution in [-0.2, 0) is 17.9 Å². The summed E-state index contributed by atoms with van der Waals surface area (Å²) in [6.07, 6.45) is 5.71.